The highest BCUT2D eigenvalue weighted by molar-refractivity contribution is 5.94. The third kappa shape index (κ3) is 13.6. The van der Waals surface area contributed by atoms with E-state index in [9.17, 15) is 47.4 Å². The first-order chi connectivity index (χ1) is 22.1. The summed E-state index contributed by atoms with van der Waals surface area (Å²) in [6.07, 6.45) is -1.91. The van der Waals surface area contributed by atoms with Crippen LogP contribution in [0.25, 0.3) is 0 Å². The number of alkyl halides is 3. The largest absolute Gasteiger partial charge is 0.508 e. The van der Waals surface area contributed by atoms with E-state index in [0.717, 1.165) is 5.56 Å². The minimum atomic E-state index is -5.08. The molecule has 1 heterocycles. The van der Waals surface area contributed by atoms with Crippen LogP contribution < -0.4 is 27.0 Å². The van der Waals surface area contributed by atoms with Crippen molar-refractivity contribution in [1.29, 1.82) is 0 Å². The van der Waals surface area contributed by atoms with E-state index < -0.39 is 72.5 Å². The maximum Gasteiger partial charge on any atom is 0.490 e. The molecule has 0 fully saturated rings. The second-order valence-electron chi connectivity index (χ2n) is 10.2. The molecule has 254 valence electrons. The molecular formula is C30H34F3N5O9. The number of hydrogen-bond acceptors (Lipinski definition) is 8. The van der Waals surface area contributed by atoms with Crippen molar-refractivity contribution in [2.24, 2.45) is 5.73 Å². The Labute approximate surface area is 266 Å². The number of nitrogens with one attached hydrogen (secondary N) is 4. The van der Waals surface area contributed by atoms with Crippen LogP contribution in [-0.2, 0) is 41.6 Å². The van der Waals surface area contributed by atoms with Gasteiger partial charge in [-0.15, -0.1) is 0 Å². The first kappa shape index (κ1) is 37.7. The molecule has 0 saturated carbocycles. The molecule has 0 spiro atoms. The van der Waals surface area contributed by atoms with Crippen LogP contribution in [0.1, 0.15) is 24.0 Å². The number of carbonyl (C=O) groups is 6. The van der Waals surface area contributed by atoms with Gasteiger partial charge in [0.15, 0.2) is 0 Å². The minimum Gasteiger partial charge on any atom is -0.508 e. The average Bonchev–Trinajstić information content (AvgIpc) is 3.01. The molecule has 14 nitrogen and oxygen atoms in total. The lowest BCUT2D eigenvalue weighted by Gasteiger charge is -2.23. The summed E-state index contributed by atoms with van der Waals surface area (Å²) in [4.78, 5) is 72.0. The van der Waals surface area contributed by atoms with Crippen LogP contribution in [0.3, 0.4) is 0 Å². The van der Waals surface area contributed by atoms with E-state index >= 15 is 0 Å². The number of carboxylic acid groups (broad SMARTS) is 2. The minimum absolute atomic E-state index is 0.0119. The average molecular weight is 666 g/mol. The highest BCUT2D eigenvalue weighted by atomic mass is 19.4. The van der Waals surface area contributed by atoms with Crippen molar-refractivity contribution in [3.63, 3.8) is 0 Å². The predicted molar refractivity (Wildman–Crippen MR) is 158 cm³/mol. The summed E-state index contributed by atoms with van der Waals surface area (Å²) in [5, 5.41) is 36.2. The second kappa shape index (κ2) is 17.9. The maximum absolute atomic E-state index is 12.9. The predicted octanol–water partition coefficient (Wildman–Crippen LogP) is 0.143. The van der Waals surface area contributed by atoms with Crippen LogP contribution in [0.5, 0.6) is 5.75 Å². The monoisotopic (exact) mass is 665 g/mol. The molecule has 0 radical (unpaired) electrons. The molecule has 2 aromatic carbocycles. The fraction of sp³-hybridized carbons (Fsp3) is 0.333. The van der Waals surface area contributed by atoms with Gasteiger partial charge in [0.05, 0.1) is 12.6 Å². The number of aliphatic carboxylic acids is 2. The summed E-state index contributed by atoms with van der Waals surface area (Å²) in [5.41, 5.74) is 7.48. The van der Waals surface area contributed by atoms with Crippen LogP contribution in [0, 0.1) is 0 Å². The van der Waals surface area contributed by atoms with Gasteiger partial charge in [-0.1, -0.05) is 54.6 Å². The molecule has 0 bridgehead atoms. The highest BCUT2D eigenvalue weighted by Crippen LogP contribution is 2.13. The molecule has 0 unspecified atom stereocenters. The van der Waals surface area contributed by atoms with Gasteiger partial charge in [0, 0.05) is 6.42 Å². The molecule has 0 aromatic heterocycles. The van der Waals surface area contributed by atoms with E-state index in [4.69, 9.17) is 15.6 Å². The van der Waals surface area contributed by atoms with Gasteiger partial charge in [-0.2, -0.15) is 13.2 Å². The third-order valence-corrected chi connectivity index (χ3v) is 6.49. The van der Waals surface area contributed by atoms with Crippen molar-refractivity contribution in [3.05, 3.63) is 77.9 Å². The molecule has 0 saturated heterocycles. The molecule has 4 amide bonds. The van der Waals surface area contributed by atoms with E-state index in [0.29, 0.717) is 5.56 Å². The normalized spacial score (nSPS) is 20.4. The molecule has 17 heteroatoms. The van der Waals surface area contributed by atoms with Gasteiger partial charge >= 0.3 is 18.1 Å². The van der Waals surface area contributed by atoms with Crippen molar-refractivity contribution in [2.45, 2.75) is 56.0 Å². The zero-order valence-corrected chi connectivity index (χ0v) is 24.7. The molecule has 1 aliphatic heterocycles. The Kier molecular flexibility index (Phi) is 14.4. The van der Waals surface area contributed by atoms with Crippen LogP contribution >= 0.6 is 0 Å². The Bertz CT molecular complexity index is 1440. The number of aromatic hydroxyl groups is 1. The molecule has 9 N–H and O–H groups in total. The van der Waals surface area contributed by atoms with Crippen LogP contribution in [0.2, 0.25) is 0 Å². The van der Waals surface area contributed by atoms with Crippen molar-refractivity contribution >= 4 is 35.6 Å². The molecule has 1 aliphatic rings. The Balaban J connectivity index is 0.000000984. The first-order valence-electron chi connectivity index (χ1n) is 14.0. The second-order valence-corrected chi connectivity index (χ2v) is 10.2. The topological polar surface area (TPSA) is 237 Å². The lowest BCUT2D eigenvalue weighted by molar-refractivity contribution is -0.192. The van der Waals surface area contributed by atoms with Gasteiger partial charge in [0.2, 0.25) is 23.6 Å². The van der Waals surface area contributed by atoms with Gasteiger partial charge in [0.25, 0.3) is 0 Å². The number of carbonyl (C=O) groups excluding carboxylic acids is 4. The van der Waals surface area contributed by atoms with Gasteiger partial charge in [0.1, 0.15) is 23.9 Å². The van der Waals surface area contributed by atoms with Crippen LogP contribution in [0.4, 0.5) is 13.2 Å². The van der Waals surface area contributed by atoms with E-state index in [-0.39, 0.29) is 31.4 Å². The molecule has 4 atom stereocenters. The number of hydrogen-bond donors (Lipinski definition) is 8. The number of benzene rings is 2. The number of halogens is 3. The molecule has 3 rings (SSSR count). The van der Waals surface area contributed by atoms with Crippen molar-refractivity contribution in [3.8, 4) is 5.75 Å². The van der Waals surface area contributed by atoms with Crippen molar-refractivity contribution < 1.29 is 57.3 Å². The zero-order valence-electron chi connectivity index (χ0n) is 24.7. The third-order valence-electron chi connectivity index (χ3n) is 6.49. The van der Waals surface area contributed by atoms with Gasteiger partial charge < -0.3 is 42.3 Å². The summed E-state index contributed by atoms with van der Waals surface area (Å²) in [6, 6.07) is 10.6. The van der Waals surface area contributed by atoms with E-state index in [1.807, 2.05) is 0 Å². The summed E-state index contributed by atoms with van der Waals surface area (Å²) >= 11 is 0. The summed E-state index contributed by atoms with van der Waals surface area (Å²) < 4.78 is 31.7. The van der Waals surface area contributed by atoms with Gasteiger partial charge in [-0.05, 0) is 42.5 Å². The molecule has 0 aliphatic carbocycles. The summed E-state index contributed by atoms with van der Waals surface area (Å²) in [7, 11) is 0. The van der Waals surface area contributed by atoms with Crippen LogP contribution in [-0.4, -0.2) is 87.8 Å². The summed E-state index contributed by atoms with van der Waals surface area (Å²) in [5.74, 6) is -6.55. The first-order valence-corrected chi connectivity index (χ1v) is 14.0. The van der Waals surface area contributed by atoms with E-state index in [2.05, 4.69) is 21.3 Å². The molecular weight excluding hydrogens is 631 g/mol. The number of amides is 4. The lowest BCUT2D eigenvalue weighted by atomic mass is 10.0. The SMILES string of the molecule is N[C@@H](Cc1ccc(O)cc1)C(=O)N[C@@H]1C/C=C/C[C@H](C(=O)O)NC(=O)[C@H](Cc2ccccc2)NC(=O)CNC1=O.O=C(O)C(F)(F)F. The Morgan fingerprint density at radius 1 is 0.894 bits per heavy atom. The van der Waals surface area contributed by atoms with Gasteiger partial charge in [-0.25, -0.2) is 9.59 Å². The molecule has 47 heavy (non-hydrogen) atoms. The number of nitrogens with two attached hydrogens (primary N) is 1. The Morgan fingerprint density at radius 3 is 2.06 bits per heavy atom. The quantitative estimate of drug-likeness (QED) is 0.186. The van der Waals surface area contributed by atoms with Crippen LogP contribution in [0.15, 0.2) is 66.7 Å². The zero-order chi connectivity index (χ0) is 35.1. The lowest BCUT2D eigenvalue weighted by Crippen LogP contribution is -2.55. The number of carboxylic acids is 2. The Hall–Kier alpha value is -5.45. The highest BCUT2D eigenvalue weighted by Gasteiger charge is 2.38. The standard InChI is InChI=1S/C28H33N5O7.C2HF3O2/c29-20(14-18-10-12-19(34)13-11-18)25(36)32-21-8-4-5-9-22(28(39)40)33-27(38)23(15-17-6-2-1-3-7-17)31-24(35)16-30-26(21)37;3-2(4,5)1(6)7/h1-7,10-13,20-23,34H,8-9,14-16,29H2,(H,30,37)(H,31,35)(H,32,36)(H,33,38)(H,39,40);(H,6,7)/b5-4+;/t20-,21+,22+,23-;/m0./s1. The number of rotatable bonds is 7. The smallest absolute Gasteiger partial charge is 0.490 e. The van der Waals surface area contributed by atoms with Crippen molar-refractivity contribution in [1.82, 2.24) is 21.3 Å². The maximum atomic E-state index is 12.9. The number of phenols is 1. The van der Waals surface area contributed by atoms with Gasteiger partial charge in [-0.3, -0.25) is 19.2 Å². The number of phenolic OH excluding ortho intramolecular Hbond substituents is 1. The fourth-order valence-corrected chi connectivity index (χ4v) is 4.04. The fourth-order valence-electron chi connectivity index (χ4n) is 4.04. The summed E-state index contributed by atoms with van der Waals surface area (Å²) in [6.45, 7) is -0.477. The van der Waals surface area contributed by atoms with E-state index in [1.165, 1.54) is 24.3 Å². The van der Waals surface area contributed by atoms with E-state index in [1.54, 1.807) is 42.5 Å². The Morgan fingerprint density at radius 2 is 1.49 bits per heavy atom. The van der Waals surface area contributed by atoms with Crippen molar-refractivity contribution in [2.75, 3.05) is 6.54 Å². The molecule has 2 aromatic rings.